The van der Waals surface area contributed by atoms with Crippen LogP contribution in [-0.2, 0) is 9.63 Å². The molecule has 0 aliphatic heterocycles. The highest BCUT2D eigenvalue weighted by molar-refractivity contribution is 6.30. The molecule has 0 aliphatic rings. The van der Waals surface area contributed by atoms with E-state index < -0.39 is 6.10 Å². The maximum absolute atomic E-state index is 11.5. The number of aryl methyl sites for hydroxylation is 1. The van der Waals surface area contributed by atoms with Gasteiger partial charge in [0.1, 0.15) is 5.75 Å². The number of halogens is 1. The molecule has 5 heteroatoms. The number of hydrogen-bond donors (Lipinski definition) is 1. The zero-order valence-corrected chi connectivity index (χ0v) is 10.9. The van der Waals surface area contributed by atoms with Crippen LogP contribution in [0.25, 0.3) is 0 Å². The van der Waals surface area contributed by atoms with Crippen LogP contribution < -0.4 is 10.2 Å². The Morgan fingerprint density at radius 3 is 2.82 bits per heavy atom. The zero-order chi connectivity index (χ0) is 12.8. The molecule has 94 valence electrons. The predicted octanol–water partition coefficient (Wildman–Crippen LogP) is 2.48. The maximum atomic E-state index is 11.5. The molecule has 1 aromatic rings. The van der Waals surface area contributed by atoms with Crippen molar-refractivity contribution in [1.82, 2.24) is 5.48 Å². The highest BCUT2D eigenvalue weighted by atomic mass is 35.5. The van der Waals surface area contributed by atoms with Crippen molar-refractivity contribution >= 4 is 17.5 Å². The summed E-state index contributed by atoms with van der Waals surface area (Å²) < 4.78 is 5.51. The summed E-state index contributed by atoms with van der Waals surface area (Å²) in [5, 5.41) is 0.640. The Bertz CT molecular complexity index is 395. The van der Waals surface area contributed by atoms with Gasteiger partial charge in [0, 0.05) is 5.02 Å². The van der Waals surface area contributed by atoms with Gasteiger partial charge in [0.25, 0.3) is 5.91 Å². The Hall–Kier alpha value is -1.26. The first-order valence-corrected chi connectivity index (χ1v) is 5.76. The number of hydroxylamine groups is 1. The lowest BCUT2D eigenvalue weighted by molar-refractivity contribution is -0.139. The standard InChI is InChI=1S/C12H16ClNO3/c1-4-16-14-12(15)9(3)17-11-6-5-10(13)7-8(11)2/h5-7,9H,4H2,1-3H3,(H,14,15)/t9-/m1/s1. The molecule has 0 heterocycles. The summed E-state index contributed by atoms with van der Waals surface area (Å²) in [4.78, 5) is 16.3. The first-order valence-electron chi connectivity index (χ1n) is 5.39. The Kier molecular flexibility index (Phi) is 5.25. The van der Waals surface area contributed by atoms with Crippen LogP contribution in [0.2, 0.25) is 5.02 Å². The summed E-state index contributed by atoms with van der Waals surface area (Å²) in [7, 11) is 0. The third kappa shape index (κ3) is 4.24. The fraction of sp³-hybridized carbons (Fsp3) is 0.417. The summed E-state index contributed by atoms with van der Waals surface area (Å²) in [6, 6.07) is 5.24. The van der Waals surface area contributed by atoms with Crippen LogP contribution in [0, 0.1) is 6.92 Å². The topological polar surface area (TPSA) is 47.6 Å². The van der Waals surface area contributed by atoms with Crippen LogP contribution >= 0.6 is 11.6 Å². The Morgan fingerprint density at radius 2 is 2.24 bits per heavy atom. The van der Waals surface area contributed by atoms with Gasteiger partial charge in [-0.05, 0) is 44.5 Å². The molecule has 0 bridgehead atoms. The Labute approximate surface area is 106 Å². The fourth-order valence-electron chi connectivity index (χ4n) is 1.22. The van der Waals surface area contributed by atoms with Gasteiger partial charge in [-0.25, -0.2) is 5.48 Å². The van der Waals surface area contributed by atoms with Crippen molar-refractivity contribution in [2.24, 2.45) is 0 Å². The Morgan fingerprint density at radius 1 is 1.53 bits per heavy atom. The molecule has 4 nitrogen and oxygen atoms in total. The molecular weight excluding hydrogens is 242 g/mol. The second kappa shape index (κ2) is 6.47. The van der Waals surface area contributed by atoms with Crippen molar-refractivity contribution in [2.45, 2.75) is 26.9 Å². The molecule has 0 radical (unpaired) electrons. The van der Waals surface area contributed by atoms with E-state index in [0.29, 0.717) is 17.4 Å². The quantitative estimate of drug-likeness (QED) is 0.825. The van der Waals surface area contributed by atoms with Crippen LogP contribution in [0.4, 0.5) is 0 Å². The molecular formula is C12H16ClNO3. The minimum atomic E-state index is -0.624. The van der Waals surface area contributed by atoms with E-state index in [1.165, 1.54) is 0 Å². The molecule has 1 aromatic carbocycles. The van der Waals surface area contributed by atoms with Gasteiger partial charge < -0.3 is 4.74 Å². The van der Waals surface area contributed by atoms with Gasteiger partial charge in [0.2, 0.25) is 0 Å². The number of benzene rings is 1. The number of ether oxygens (including phenoxy) is 1. The largest absolute Gasteiger partial charge is 0.481 e. The van der Waals surface area contributed by atoms with E-state index in [9.17, 15) is 4.79 Å². The lowest BCUT2D eigenvalue weighted by Gasteiger charge is -2.15. The molecule has 0 unspecified atom stereocenters. The summed E-state index contributed by atoms with van der Waals surface area (Å²) in [5.74, 6) is 0.315. The normalized spacial score (nSPS) is 12.0. The van der Waals surface area contributed by atoms with Crippen LogP contribution in [-0.4, -0.2) is 18.6 Å². The van der Waals surface area contributed by atoms with Crippen LogP contribution in [0.1, 0.15) is 19.4 Å². The second-order valence-electron chi connectivity index (χ2n) is 3.57. The van der Waals surface area contributed by atoms with Gasteiger partial charge in [0.15, 0.2) is 6.10 Å². The molecule has 1 atom stereocenters. The maximum Gasteiger partial charge on any atom is 0.284 e. The number of rotatable bonds is 5. The van der Waals surface area contributed by atoms with E-state index in [2.05, 4.69) is 5.48 Å². The molecule has 1 amide bonds. The minimum Gasteiger partial charge on any atom is -0.481 e. The van der Waals surface area contributed by atoms with Crippen molar-refractivity contribution in [3.63, 3.8) is 0 Å². The summed E-state index contributed by atoms with van der Waals surface area (Å²) in [6.07, 6.45) is -0.624. The average Bonchev–Trinajstić information content (AvgIpc) is 2.29. The van der Waals surface area contributed by atoms with Crippen LogP contribution in [0.15, 0.2) is 18.2 Å². The lowest BCUT2D eigenvalue weighted by Crippen LogP contribution is -2.36. The smallest absolute Gasteiger partial charge is 0.284 e. The molecule has 0 aliphatic carbocycles. The average molecular weight is 258 g/mol. The first-order chi connectivity index (χ1) is 8.04. The highest BCUT2D eigenvalue weighted by Crippen LogP contribution is 2.22. The van der Waals surface area contributed by atoms with Gasteiger partial charge in [-0.1, -0.05) is 11.6 Å². The number of nitrogens with one attached hydrogen (secondary N) is 1. The minimum absolute atomic E-state index is 0.318. The van der Waals surface area contributed by atoms with Gasteiger partial charge in [-0.3, -0.25) is 9.63 Å². The monoisotopic (exact) mass is 257 g/mol. The van der Waals surface area contributed by atoms with Crippen LogP contribution in [0.3, 0.4) is 0 Å². The third-order valence-corrected chi connectivity index (χ3v) is 2.36. The van der Waals surface area contributed by atoms with Gasteiger partial charge in [0.05, 0.1) is 6.61 Å². The van der Waals surface area contributed by atoms with Crippen LogP contribution in [0.5, 0.6) is 5.75 Å². The van der Waals surface area contributed by atoms with Gasteiger partial charge in [-0.15, -0.1) is 0 Å². The molecule has 1 N–H and O–H groups in total. The number of carbonyl (C=O) groups excluding carboxylic acids is 1. The van der Waals surface area contributed by atoms with E-state index in [0.717, 1.165) is 5.56 Å². The zero-order valence-electron chi connectivity index (χ0n) is 10.1. The van der Waals surface area contributed by atoms with E-state index >= 15 is 0 Å². The second-order valence-corrected chi connectivity index (χ2v) is 4.01. The summed E-state index contributed by atoms with van der Waals surface area (Å²) in [5.41, 5.74) is 3.18. The van der Waals surface area contributed by atoms with Crippen molar-refractivity contribution in [2.75, 3.05) is 6.61 Å². The highest BCUT2D eigenvalue weighted by Gasteiger charge is 2.15. The number of carbonyl (C=O) groups is 1. The molecule has 17 heavy (non-hydrogen) atoms. The molecule has 0 spiro atoms. The van der Waals surface area contributed by atoms with E-state index in [1.54, 1.807) is 32.0 Å². The lowest BCUT2D eigenvalue weighted by atomic mass is 10.2. The molecule has 1 rings (SSSR count). The third-order valence-electron chi connectivity index (χ3n) is 2.13. The van der Waals surface area contributed by atoms with Gasteiger partial charge in [-0.2, -0.15) is 0 Å². The molecule has 0 saturated heterocycles. The van der Waals surface area contributed by atoms with Crippen molar-refractivity contribution in [3.05, 3.63) is 28.8 Å². The molecule has 0 saturated carbocycles. The van der Waals surface area contributed by atoms with Crippen molar-refractivity contribution in [3.8, 4) is 5.75 Å². The van der Waals surface area contributed by atoms with E-state index in [1.807, 2.05) is 6.92 Å². The summed E-state index contributed by atoms with van der Waals surface area (Å²) >= 11 is 5.83. The predicted molar refractivity (Wildman–Crippen MR) is 66.0 cm³/mol. The SMILES string of the molecule is CCONC(=O)[C@@H](C)Oc1ccc(Cl)cc1C. The first kappa shape index (κ1) is 13.8. The molecule has 0 aromatic heterocycles. The fourth-order valence-corrected chi connectivity index (χ4v) is 1.44. The van der Waals surface area contributed by atoms with E-state index in [4.69, 9.17) is 21.2 Å². The molecule has 0 fully saturated rings. The summed E-state index contributed by atoms with van der Waals surface area (Å²) in [6.45, 7) is 5.73. The Balaban J connectivity index is 2.61. The van der Waals surface area contributed by atoms with E-state index in [-0.39, 0.29) is 5.91 Å². The van der Waals surface area contributed by atoms with Crippen molar-refractivity contribution < 1.29 is 14.4 Å². The number of amides is 1. The number of hydrogen-bond acceptors (Lipinski definition) is 3. The van der Waals surface area contributed by atoms with Gasteiger partial charge >= 0.3 is 0 Å². The van der Waals surface area contributed by atoms with Crippen molar-refractivity contribution in [1.29, 1.82) is 0 Å².